The lowest BCUT2D eigenvalue weighted by Gasteiger charge is -2.32. The molecule has 0 spiro atoms. The summed E-state index contributed by atoms with van der Waals surface area (Å²) in [5.74, 6) is 0. The molecule has 0 aromatic heterocycles. The van der Waals surface area contributed by atoms with Crippen molar-refractivity contribution in [2.45, 2.75) is 52.7 Å². The van der Waals surface area contributed by atoms with Crippen molar-refractivity contribution in [2.24, 2.45) is 10.3 Å². The number of ether oxygens (including phenoxy) is 2. The molecule has 0 aromatic rings. The van der Waals surface area contributed by atoms with Crippen LogP contribution in [-0.2, 0) is 9.47 Å². The zero-order valence-corrected chi connectivity index (χ0v) is 16.1. The molecule has 0 unspecified atom stereocenters. The number of urea groups is 1. The number of hydrazine groups is 1. The van der Waals surface area contributed by atoms with Gasteiger partial charge in [0, 0.05) is 0 Å². The van der Waals surface area contributed by atoms with Gasteiger partial charge in [-0.05, 0) is 41.5 Å². The summed E-state index contributed by atoms with van der Waals surface area (Å²) >= 11 is 5.71. The molecule has 0 aliphatic carbocycles. The summed E-state index contributed by atoms with van der Waals surface area (Å²) in [5, 5.41) is 15.9. The number of imide groups is 1. The van der Waals surface area contributed by atoms with Gasteiger partial charge < -0.3 is 14.7 Å². The van der Waals surface area contributed by atoms with Crippen LogP contribution in [0, 0.1) is 0 Å². The van der Waals surface area contributed by atoms with Gasteiger partial charge in [0.15, 0.2) is 5.17 Å². The molecule has 1 aliphatic heterocycles. The molecule has 1 rings (SSSR count). The van der Waals surface area contributed by atoms with E-state index < -0.39 is 34.6 Å². The van der Waals surface area contributed by atoms with Gasteiger partial charge in [-0.3, -0.25) is 0 Å². The first-order valence-electron chi connectivity index (χ1n) is 7.53. The minimum Gasteiger partial charge on any atom is -0.443 e. The highest BCUT2D eigenvalue weighted by molar-refractivity contribution is 6.84. The summed E-state index contributed by atoms with van der Waals surface area (Å²) in [5.41, 5.74) is 0.311. The highest BCUT2D eigenvalue weighted by atomic mass is 35.5. The number of hydrogen-bond acceptors (Lipinski definition) is 8. The maximum atomic E-state index is 12.4. The van der Waals surface area contributed by atoms with Crippen LogP contribution in [0.4, 0.5) is 14.4 Å². The van der Waals surface area contributed by atoms with E-state index in [4.69, 9.17) is 26.3 Å². The van der Waals surface area contributed by atoms with Gasteiger partial charge in [-0.1, -0.05) is 16.8 Å². The summed E-state index contributed by atoms with van der Waals surface area (Å²) in [7, 11) is 0. The van der Waals surface area contributed by atoms with Gasteiger partial charge in [-0.2, -0.15) is 5.10 Å². The van der Waals surface area contributed by atoms with E-state index in [1.165, 1.54) is 0 Å². The number of amides is 4. The average molecular weight is 392 g/mol. The molecule has 0 fully saturated rings. The molecule has 11 nitrogen and oxygen atoms in total. The van der Waals surface area contributed by atoms with E-state index in [-0.39, 0.29) is 12.3 Å². The Morgan fingerprint density at radius 1 is 1.19 bits per heavy atom. The number of halogens is 1. The summed E-state index contributed by atoms with van der Waals surface area (Å²) in [4.78, 5) is 36.5. The van der Waals surface area contributed by atoms with E-state index in [1.54, 1.807) is 41.5 Å². The predicted molar refractivity (Wildman–Crippen MR) is 92.1 cm³/mol. The summed E-state index contributed by atoms with van der Waals surface area (Å²) < 4.78 is 10.1. The Bertz CT molecular complexity index is 649. The molecular formula is C14H22ClN5O6. The molecule has 0 saturated heterocycles. The normalized spacial score (nSPS) is 16.2. The van der Waals surface area contributed by atoms with Crippen molar-refractivity contribution in [3.05, 3.63) is 0 Å². The van der Waals surface area contributed by atoms with Gasteiger partial charge in [0.25, 0.3) is 0 Å². The molecule has 146 valence electrons. The quantitative estimate of drug-likeness (QED) is 0.422. The largest absolute Gasteiger partial charge is 0.443 e. The van der Waals surface area contributed by atoms with Crippen LogP contribution in [0.3, 0.4) is 0 Å². The summed E-state index contributed by atoms with van der Waals surface area (Å²) in [6.07, 6.45) is -2.04. The Hall–Kier alpha value is -2.56. The minimum atomic E-state index is -1.10. The third-order valence-corrected chi connectivity index (χ3v) is 2.75. The van der Waals surface area contributed by atoms with Crippen molar-refractivity contribution in [3.8, 4) is 0 Å². The van der Waals surface area contributed by atoms with Crippen LogP contribution in [0.15, 0.2) is 10.3 Å². The molecular weight excluding hydrogens is 370 g/mol. The lowest BCUT2D eigenvalue weighted by molar-refractivity contribution is 0.0193. The third kappa shape index (κ3) is 6.39. The molecule has 0 aromatic carbocycles. The molecule has 4 amide bonds. The summed E-state index contributed by atoms with van der Waals surface area (Å²) in [6.45, 7) is 9.36. The molecule has 26 heavy (non-hydrogen) atoms. The monoisotopic (exact) mass is 391 g/mol. The average Bonchev–Trinajstić information content (AvgIpc) is 2.44. The topological polar surface area (TPSA) is 133 Å². The van der Waals surface area contributed by atoms with E-state index in [9.17, 15) is 14.4 Å². The fraction of sp³-hybridized carbons (Fsp3) is 0.643. The van der Waals surface area contributed by atoms with Crippen LogP contribution in [0.5, 0.6) is 0 Å². The Morgan fingerprint density at radius 3 is 2.19 bits per heavy atom. The second kappa shape index (κ2) is 7.77. The van der Waals surface area contributed by atoms with E-state index in [0.717, 1.165) is 5.01 Å². The number of rotatable bonds is 2. The maximum Gasteiger partial charge on any atom is 0.439 e. The van der Waals surface area contributed by atoms with E-state index >= 15 is 0 Å². The van der Waals surface area contributed by atoms with Gasteiger partial charge in [0.1, 0.15) is 16.9 Å². The first kappa shape index (κ1) is 21.5. The lowest BCUT2D eigenvalue weighted by Crippen LogP contribution is -2.58. The number of hydrogen-bond donors (Lipinski definition) is 2. The molecule has 1 aliphatic rings. The van der Waals surface area contributed by atoms with Crippen molar-refractivity contribution in [1.29, 1.82) is 0 Å². The SMILES string of the molecule is CC(C)(C)OC(=O)NN1CC(C(Cl)=NO)=NN(C(=O)OC(C)(C)C)C1=O. The van der Waals surface area contributed by atoms with Crippen LogP contribution < -0.4 is 5.43 Å². The highest BCUT2D eigenvalue weighted by Crippen LogP contribution is 2.15. The third-order valence-electron chi connectivity index (χ3n) is 2.46. The first-order chi connectivity index (χ1) is 11.7. The van der Waals surface area contributed by atoms with Crippen LogP contribution in [-0.4, -0.2) is 62.1 Å². The van der Waals surface area contributed by atoms with Gasteiger partial charge in [0.05, 0.1) is 6.54 Å². The van der Waals surface area contributed by atoms with Crippen LogP contribution in [0.25, 0.3) is 0 Å². The van der Waals surface area contributed by atoms with Gasteiger partial charge in [0.2, 0.25) is 0 Å². The fourth-order valence-electron chi connectivity index (χ4n) is 1.61. The van der Waals surface area contributed by atoms with Crippen molar-refractivity contribution < 1.29 is 29.1 Å². The highest BCUT2D eigenvalue weighted by Gasteiger charge is 2.38. The Labute approximate surface area is 155 Å². The van der Waals surface area contributed by atoms with Crippen molar-refractivity contribution >= 4 is 40.7 Å². The lowest BCUT2D eigenvalue weighted by atomic mass is 10.2. The van der Waals surface area contributed by atoms with Crippen molar-refractivity contribution in [3.63, 3.8) is 0 Å². The Morgan fingerprint density at radius 2 is 1.73 bits per heavy atom. The van der Waals surface area contributed by atoms with Crippen LogP contribution >= 0.6 is 11.6 Å². The summed E-state index contributed by atoms with van der Waals surface area (Å²) in [6, 6.07) is -1.00. The van der Waals surface area contributed by atoms with E-state index in [1.807, 2.05) is 0 Å². The molecule has 1 heterocycles. The second-order valence-corrected chi connectivity index (χ2v) is 7.57. The standard InChI is InChI=1S/C14H22ClN5O6/c1-13(2,3)25-10(21)17-19-7-8(9(15)18-24)16-20(11(19)22)12(23)26-14(4,5)6/h24H,7H2,1-6H3,(H,17,21). The number of carbonyl (C=O) groups excluding carboxylic acids is 3. The molecule has 12 heteroatoms. The van der Waals surface area contributed by atoms with Gasteiger partial charge in [-0.15, -0.1) is 5.01 Å². The molecule has 0 bridgehead atoms. The smallest absolute Gasteiger partial charge is 0.439 e. The molecule has 0 atom stereocenters. The maximum absolute atomic E-state index is 12.4. The molecule has 0 radical (unpaired) electrons. The molecule has 2 N–H and O–H groups in total. The number of nitrogens with one attached hydrogen (secondary N) is 1. The van der Waals surface area contributed by atoms with E-state index in [2.05, 4.69) is 15.7 Å². The number of nitrogens with zero attached hydrogens (tertiary/aromatic N) is 4. The van der Waals surface area contributed by atoms with Gasteiger partial charge in [-0.25, -0.2) is 24.8 Å². The zero-order valence-electron chi connectivity index (χ0n) is 15.4. The zero-order chi connectivity index (χ0) is 20.3. The van der Waals surface area contributed by atoms with Gasteiger partial charge >= 0.3 is 18.2 Å². The van der Waals surface area contributed by atoms with Crippen molar-refractivity contribution in [1.82, 2.24) is 15.4 Å². The molecule has 0 saturated carbocycles. The Kier molecular flexibility index (Phi) is 6.42. The van der Waals surface area contributed by atoms with E-state index in [0.29, 0.717) is 5.01 Å². The van der Waals surface area contributed by atoms with Crippen LogP contribution in [0.2, 0.25) is 0 Å². The first-order valence-corrected chi connectivity index (χ1v) is 7.91. The number of carbonyl (C=O) groups is 3. The fourth-order valence-corrected chi connectivity index (χ4v) is 1.71. The number of oxime groups is 1. The minimum absolute atomic E-state index is 0.157. The Balaban J connectivity index is 3.08. The van der Waals surface area contributed by atoms with Crippen molar-refractivity contribution in [2.75, 3.05) is 6.54 Å². The second-order valence-electron chi connectivity index (χ2n) is 7.21. The number of hydrazone groups is 1. The van der Waals surface area contributed by atoms with Crippen LogP contribution in [0.1, 0.15) is 41.5 Å². The predicted octanol–water partition coefficient (Wildman–Crippen LogP) is 2.48.